The van der Waals surface area contributed by atoms with Crippen LogP contribution in [0.4, 0.5) is 5.82 Å². The number of aromatic nitrogens is 3. The molecule has 0 spiro atoms. The van der Waals surface area contributed by atoms with Gasteiger partial charge in [-0.15, -0.1) is 0 Å². The molecule has 1 amide bonds. The second-order valence-electron chi connectivity index (χ2n) is 7.85. The van der Waals surface area contributed by atoms with Crippen LogP contribution in [0.15, 0.2) is 24.5 Å². The van der Waals surface area contributed by atoms with E-state index in [0.29, 0.717) is 18.2 Å². The minimum Gasteiger partial charge on any atom is -0.355 e. The molecular formula is C21H32N6O. The molecule has 0 aromatic carbocycles. The number of likely N-dealkylation sites (tertiary alicyclic amines) is 1. The predicted octanol–water partition coefficient (Wildman–Crippen LogP) is 2.36. The Morgan fingerprint density at radius 1 is 1.32 bits per heavy atom. The number of amides is 1. The van der Waals surface area contributed by atoms with Gasteiger partial charge in [-0.05, 0) is 51.9 Å². The van der Waals surface area contributed by atoms with E-state index in [4.69, 9.17) is 0 Å². The molecule has 1 aliphatic rings. The Morgan fingerprint density at radius 3 is 2.79 bits per heavy atom. The van der Waals surface area contributed by atoms with Crippen molar-refractivity contribution in [3.8, 4) is 0 Å². The number of rotatable bonds is 7. The Kier molecular flexibility index (Phi) is 6.67. The number of anilines is 1. The first-order chi connectivity index (χ1) is 13.4. The van der Waals surface area contributed by atoms with E-state index in [2.05, 4.69) is 32.2 Å². The van der Waals surface area contributed by atoms with E-state index in [1.165, 1.54) is 24.8 Å². The Balaban J connectivity index is 1.50. The molecule has 3 heterocycles. The number of piperidine rings is 1. The van der Waals surface area contributed by atoms with Gasteiger partial charge in [-0.3, -0.25) is 9.48 Å². The van der Waals surface area contributed by atoms with Crippen LogP contribution in [0.3, 0.4) is 0 Å². The first kappa shape index (κ1) is 20.3. The molecule has 0 unspecified atom stereocenters. The highest BCUT2D eigenvalue weighted by atomic mass is 16.1. The first-order valence-electron chi connectivity index (χ1n) is 10.1. The second-order valence-corrected chi connectivity index (χ2v) is 7.85. The molecule has 1 N–H and O–H groups in total. The van der Waals surface area contributed by atoms with Crippen molar-refractivity contribution < 1.29 is 4.79 Å². The highest BCUT2D eigenvalue weighted by molar-refractivity contribution is 5.94. The number of pyridine rings is 1. The van der Waals surface area contributed by atoms with Crippen LogP contribution in [0.25, 0.3) is 0 Å². The molecule has 7 nitrogen and oxygen atoms in total. The smallest absolute Gasteiger partial charge is 0.252 e. The third kappa shape index (κ3) is 5.10. The molecule has 2 aromatic rings. The maximum atomic E-state index is 12.4. The van der Waals surface area contributed by atoms with Crippen molar-refractivity contribution in [1.29, 1.82) is 0 Å². The average Bonchev–Trinajstić information content (AvgIpc) is 3.00. The molecule has 1 atom stereocenters. The molecule has 1 aliphatic heterocycles. The summed E-state index contributed by atoms with van der Waals surface area (Å²) in [5.74, 6) is 0.784. The number of carbonyl (C=O) groups is 1. The van der Waals surface area contributed by atoms with Crippen molar-refractivity contribution in [2.24, 2.45) is 7.05 Å². The number of hydrogen-bond acceptors (Lipinski definition) is 5. The van der Waals surface area contributed by atoms with Gasteiger partial charge in [0.25, 0.3) is 5.91 Å². The van der Waals surface area contributed by atoms with Crippen molar-refractivity contribution in [2.45, 2.75) is 45.2 Å². The molecule has 0 saturated carbocycles. The lowest BCUT2D eigenvalue weighted by Crippen LogP contribution is -2.39. The van der Waals surface area contributed by atoms with Crippen molar-refractivity contribution in [1.82, 2.24) is 25.0 Å². The number of aryl methyl sites for hydroxylation is 2. The summed E-state index contributed by atoms with van der Waals surface area (Å²) in [5, 5.41) is 7.41. The standard InChI is InChI=1S/C21H32N6O/c1-16-18(15-27(4)24-16)14-26(3)20-9-8-17(13-23-20)21(28)22-11-10-19-7-5-6-12-25(19)2/h8-9,13,15,19H,5-7,10-12,14H2,1-4H3,(H,22,28)/t19-/m1/s1. The summed E-state index contributed by atoms with van der Waals surface area (Å²) in [6.07, 6.45) is 8.49. The first-order valence-corrected chi connectivity index (χ1v) is 10.1. The Morgan fingerprint density at radius 2 is 2.14 bits per heavy atom. The van der Waals surface area contributed by atoms with E-state index in [-0.39, 0.29) is 5.91 Å². The fraction of sp³-hybridized carbons (Fsp3) is 0.571. The van der Waals surface area contributed by atoms with Gasteiger partial charge in [0, 0.05) is 51.2 Å². The minimum absolute atomic E-state index is 0.0525. The Labute approximate surface area is 167 Å². The van der Waals surface area contributed by atoms with Crippen LogP contribution in [0.1, 0.15) is 47.3 Å². The third-order valence-corrected chi connectivity index (χ3v) is 5.61. The largest absolute Gasteiger partial charge is 0.355 e. The molecule has 3 rings (SSSR count). The van der Waals surface area contributed by atoms with Crippen molar-refractivity contribution in [2.75, 3.05) is 32.1 Å². The molecule has 1 fully saturated rings. The molecule has 1 saturated heterocycles. The summed E-state index contributed by atoms with van der Waals surface area (Å²) in [5.41, 5.74) is 2.79. The zero-order valence-electron chi connectivity index (χ0n) is 17.5. The molecule has 0 aliphatic carbocycles. The van der Waals surface area contributed by atoms with E-state index in [0.717, 1.165) is 31.0 Å². The quantitative estimate of drug-likeness (QED) is 0.794. The molecule has 152 valence electrons. The summed E-state index contributed by atoms with van der Waals surface area (Å²) in [4.78, 5) is 21.3. The number of hydrogen-bond donors (Lipinski definition) is 1. The van der Waals surface area contributed by atoms with Crippen LogP contribution < -0.4 is 10.2 Å². The van der Waals surface area contributed by atoms with Gasteiger partial charge in [0.05, 0.1) is 11.3 Å². The third-order valence-electron chi connectivity index (χ3n) is 5.61. The molecule has 0 bridgehead atoms. The Bertz CT molecular complexity index is 785. The van der Waals surface area contributed by atoms with Gasteiger partial charge >= 0.3 is 0 Å². The SMILES string of the molecule is Cc1nn(C)cc1CN(C)c1ccc(C(=O)NCC[C@H]2CCCCN2C)cn1. The molecule has 28 heavy (non-hydrogen) atoms. The highest BCUT2D eigenvalue weighted by Gasteiger charge is 2.18. The van der Waals surface area contributed by atoms with E-state index in [1.54, 1.807) is 6.20 Å². The lowest BCUT2D eigenvalue weighted by atomic mass is 10.0. The van der Waals surface area contributed by atoms with Crippen LogP contribution in [0.2, 0.25) is 0 Å². The normalized spacial score (nSPS) is 17.5. The fourth-order valence-electron chi connectivity index (χ4n) is 3.85. The predicted molar refractivity (Wildman–Crippen MR) is 112 cm³/mol. The summed E-state index contributed by atoms with van der Waals surface area (Å²) in [6, 6.07) is 4.33. The maximum Gasteiger partial charge on any atom is 0.252 e. The highest BCUT2D eigenvalue weighted by Crippen LogP contribution is 2.17. The van der Waals surface area contributed by atoms with Gasteiger partial charge in [0.1, 0.15) is 5.82 Å². The molecular weight excluding hydrogens is 352 g/mol. The van der Waals surface area contributed by atoms with Crippen molar-refractivity contribution >= 4 is 11.7 Å². The number of nitrogens with one attached hydrogen (secondary N) is 1. The number of carbonyl (C=O) groups excluding carboxylic acids is 1. The maximum absolute atomic E-state index is 12.4. The monoisotopic (exact) mass is 384 g/mol. The van der Waals surface area contributed by atoms with Crippen molar-refractivity contribution in [3.05, 3.63) is 41.3 Å². The van der Waals surface area contributed by atoms with Gasteiger partial charge in [-0.2, -0.15) is 5.10 Å². The Hall–Kier alpha value is -2.41. The lowest BCUT2D eigenvalue weighted by Gasteiger charge is -2.32. The zero-order valence-corrected chi connectivity index (χ0v) is 17.5. The summed E-state index contributed by atoms with van der Waals surface area (Å²) in [7, 11) is 6.10. The summed E-state index contributed by atoms with van der Waals surface area (Å²) < 4.78 is 1.82. The van der Waals surface area contributed by atoms with Crippen LogP contribution >= 0.6 is 0 Å². The van der Waals surface area contributed by atoms with Crippen LogP contribution in [0.5, 0.6) is 0 Å². The van der Waals surface area contributed by atoms with Gasteiger partial charge in [-0.1, -0.05) is 6.42 Å². The summed E-state index contributed by atoms with van der Waals surface area (Å²) >= 11 is 0. The van der Waals surface area contributed by atoms with Crippen LogP contribution in [0, 0.1) is 6.92 Å². The van der Waals surface area contributed by atoms with Crippen molar-refractivity contribution in [3.63, 3.8) is 0 Å². The van der Waals surface area contributed by atoms with Gasteiger partial charge in [0.2, 0.25) is 0 Å². The second kappa shape index (κ2) is 9.19. The van der Waals surface area contributed by atoms with E-state index >= 15 is 0 Å². The lowest BCUT2D eigenvalue weighted by molar-refractivity contribution is 0.0945. The van der Waals surface area contributed by atoms with Gasteiger partial charge in [0.15, 0.2) is 0 Å². The number of nitrogens with zero attached hydrogens (tertiary/aromatic N) is 5. The van der Waals surface area contributed by atoms with Crippen LogP contribution in [-0.2, 0) is 13.6 Å². The van der Waals surface area contributed by atoms with E-state index < -0.39 is 0 Å². The van der Waals surface area contributed by atoms with Gasteiger partial charge < -0.3 is 15.1 Å². The van der Waals surface area contributed by atoms with Gasteiger partial charge in [-0.25, -0.2) is 4.98 Å². The summed E-state index contributed by atoms with van der Waals surface area (Å²) in [6.45, 7) is 4.61. The van der Waals surface area contributed by atoms with E-state index in [9.17, 15) is 4.79 Å². The topological polar surface area (TPSA) is 66.3 Å². The minimum atomic E-state index is -0.0525. The molecule has 0 radical (unpaired) electrons. The molecule has 7 heteroatoms. The molecule has 2 aromatic heterocycles. The van der Waals surface area contributed by atoms with E-state index in [1.807, 2.05) is 44.0 Å². The average molecular weight is 385 g/mol. The fourth-order valence-corrected chi connectivity index (χ4v) is 3.85. The zero-order chi connectivity index (χ0) is 20.1. The van der Waals surface area contributed by atoms with Crippen LogP contribution in [-0.4, -0.2) is 58.8 Å².